The van der Waals surface area contributed by atoms with Gasteiger partial charge in [0.25, 0.3) is 5.56 Å². The number of nitrogens with zero attached hydrogens (tertiary/aromatic N) is 2. The number of urea groups is 1. The van der Waals surface area contributed by atoms with Crippen LogP contribution in [0.1, 0.15) is 19.8 Å². The first-order valence-electron chi connectivity index (χ1n) is 7.05. The van der Waals surface area contributed by atoms with E-state index in [-0.39, 0.29) is 17.2 Å². The Bertz CT molecular complexity index is 596. The van der Waals surface area contributed by atoms with Crippen molar-refractivity contribution in [2.24, 2.45) is 0 Å². The van der Waals surface area contributed by atoms with Crippen LogP contribution in [0.4, 0.5) is 10.5 Å². The van der Waals surface area contributed by atoms with Crippen molar-refractivity contribution >= 4 is 17.6 Å². The number of nitrogens with one attached hydrogen (secondary N) is 2. The van der Waals surface area contributed by atoms with Gasteiger partial charge in [0.1, 0.15) is 11.7 Å². The number of carbonyl (C=O) groups excluding carboxylic acids is 2. The Morgan fingerprint density at radius 2 is 2.19 bits per heavy atom. The molecule has 114 valence electrons. The molecule has 1 unspecified atom stereocenters. The average molecular weight is 292 g/mol. The Morgan fingerprint density at radius 1 is 1.43 bits per heavy atom. The van der Waals surface area contributed by atoms with E-state index in [1.807, 2.05) is 6.92 Å². The summed E-state index contributed by atoms with van der Waals surface area (Å²) in [6.07, 6.45) is 3.12. The molecular formula is C14H20N4O3. The van der Waals surface area contributed by atoms with E-state index in [9.17, 15) is 14.4 Å². The summed E-state index contributed by atoms with van der Waals surface area (Å²) in [4.78, 5) is 37.4. The minimum Gasteiger partial charge on any atom is -0.344 e. The van der Waals surface area contributed by atoms with Crippen LogP contribution in [0.5, 0.6) is 0 Å². The number of amides is 3. The topological polar surface area (TPSA) is 83.4 Å². The quantitative estimate of drug-likeness (QED) is 0.856. The summed E-state index contributed by atoms with van der Waals surface area (Å²) in [5, 5.41) is 5.14. The minimum atomic E-state index is -0.533. The third kappa shape index (κ3) is 3.42. The van der Waals surface area contributed by atoms with E-state index in [1.165, 1.54) is 4.57 Å². The number of anilines is 1. The van der Waals surface area contributed by atoms with Gasteiger partial charge in [0.15, 0.2) is 0 Å². The van der Waals surface area contributed by atoms with E-state index in [2.05, 4.69) is 10.6 Å². The molecule has 3 amide bonds. The van der Waals surface area contributed by atoms with E-state index in [0.717, 1.165) is 6.42 Å². The van der Waals surface area contributed by atoms with Crippen LogP contribution < -0.4 is 16.2 Å². The molecule has 1 aromatic heterocycles. The van der Waals surface area contributed by atoms with E-state index in [1.54, 1.807) is 30.3 Å². The fourth-order valence-electron chi connectivity index (χ4n) is 2.36. The van der Waals surface area contributed by atoms with E-state index in [0.29, 0.717) is 19.5 Å². The zero-order valence-electron chi connectivity index (χ0n) is 12.3. The van der Waals surface area contributed by atoms with E-state index in [4.69, 9.17) is 0 Å². The molecule has 1 aliphatic rings. The molecule has 0 aromatic carbocycles. The molecule has 2 rings (SSSR count). The molecule has 2 heterocycles. The maximum absolute atomic E-state index is 12.0. The van der Waals surface area contributed by atoms with Crippen molar-refractivity contribution in [1.29, 1.82) is 0 Å². The van der Waals surface area contributed by atoms with Gasteiger partial charge in [0.2, 0.25) is 5.91 Å². The van der Waals surface area contributed by atoms with Gasteiger partial charge in [-0.1, -0.05) is 0 Å². The first-order chi connectivity index (χ1) is 10.0. The highest BCUT2D eigenvalue weighted by atomic mass is 16.2. The van der Waals surface area contributed by atoms with Gasteiger partial charge in [0, 0.05) is 26.3 Å². The molecule has 1 aliphatic heterocycles. The molecule has 0 aliphatic carbocycles. The Morgan fingerprint density at radius 3 is 2.90 bits per heavy atom. The molecule has 1 fully saturated rings. The van der Waals surface area contributed by atoms with Crippen LogP contribution in [0.15, 0.2) is 23.1 Å². The average Bonchev–Trinajstić information content (AvgIpc) is 2.46. The standard InChI is InChI=1S/C14H20N4O3/c1-3-18-9-5-7-11(13(18)20)16-14(21)15-10-6-4-8-17(2)12(10)19/h5,7,9-10H,3-4,6,8H2,1-2H3,(H2,15,16,21). The number of likely N-dealkylation sites (N-methyl/N-ethyl adjacent to an activating group) is 1. The van der Waals surface area contributed by atoms with Crippen molar-refractivity contribution in [2.75, 3.05) is 18.9 Å². The zero-order valence-corrected chi connectivity index (χ0v) is 12.3. The lowest BCUT2D eigenvalue weighted by atomic mass is 10.1. The molecule has 1 atom stereocenters. The van der Waals surface area contributed by atoms with Gasteiger partial charge in [-0.2, -0.15) is 0 Å². The SMILES string of the molecule is CCn1cccc(NC(=O)NC2CCCN(C)C2=O)c1=O. The fourth-order valence-corrected chi connectivity index (χ4v) is 2.36. The second-order valence-corrected chi connectivity index (χ2v) is 5.07. The lowest BCUT2D eigenvalue weighted by Gasteiger charge is -2.29. The summed E-state index contributed by atoms with van der Waals surface area (Å²) in [5.41, 5.74) is -0.0595. The van der Waals surface area contributed by atoms with Crippen molar-refractivity contribution < 1.29 is 9.59 Å². The summed E-state index contributed by atoms with van der Waals surface area (Å²) in [5.74, 6) is -0.101. The van der Waals surface area contributed by atoms with Crippen molar-refractivity contribution in [1.82, 2.24) is 14.8 Å². The minimum absolute atomic E-state index is 0.101. The van der Waals surface area contributed by atoms with Crippen molar-refractivity contribution in [3.63, 3.8) is 0 Å². The fraction of sp³-hybridized carbons (Fsp3) is 0.500. The predicted molar refractivity (Wildman–Crippen MR) is 79.2 cm³/mol. The van der Waals surface area contributed by atoms with Gasteiger partial charge in [-0.15, -0.1) is 0 Å². The maximum atomic E-state index is 12.0. The molecule has 1 saturated heterocycles. The number of likely N-dealkylation sites (tertiary alicyclic amines) is 1. The Labute approximate surface area is 122 Å². The summed E-state index contributed by atoms with van der Waals surface area (Å²) in [6, 6.07) is 2.18. The van der Waals surface area contributed by atoms with Gasteiger partial charge in [-0.25, -0.2) is 4.79 Å². The molecule has 0 spiro atoms. The van der Waals surface area contributed by atoms with Gasteiger partial charge in [-0.05, 0) is 31.9 Å². The van der Waals surface area contributed by atoms with Crippen LogP contribution in [0.2, 0.25) is 0 Å². The number of hydrogen-bond donors (Lipinski definition) is 2. The van der Waals surface area contributed by atoms with Gasteiger partial charge < -0.3 is 20.1 Å². The molecule has 7 heteroatoms. The highest BCUT2D eigenvalue weighted by molar-refractivity contribution is 5.93. The first-order valence-corrected chi connectivity index (χ1v) is 7.05. The molecule has 1 aromatic rings. The van der Waals surface area contributed by atoms with Crippen LogP contribution in [-0.2, 0) is 11.3 Å². The number of rotatable bonds is 3. The van der Waals surface area contributed by atoms with E-state index < -0.39 is 12.1 Å². The number of piperidine rings is 1. The lowest BCUT2D eigenvalue weighted by molar-refractivity contribution is -0.134. The van der Waals surface area contributed by atoms with Crippen molar-refractivity contribution in [3.8, 4) is 0 Å². The van der Waals surface area contributed by atoms with Crippen LogP contribution in [0.3, 0.4) is 0 Å². The zero-order chi connectivity index (χ0) is 15.4. The lowest BCUT2D eigenvalue weighted by Crippen LogP contribution is -2.52. The van der Waals surface area contributed by atoms with Crippen LogP contribution >= 0.6 is 0 Å². The largest absolute Gasteiger partial charge is 0.344 e. The molecule has 0 radical (unpaired) electrons. The summed E-state index contributed by atoms with van der Waals surface area (Å²) >= 11 is 0. The van der Waals surface area contributed by atoms with Gasteiger partial charge in [0.05, 0.1) is 0 Å². The molecular weight excluding hydrogens is 272 g/mol. The molecule has 0 saturated carbocycles. The molecule has 21 heavy (non-hydrogen) atoms. The van der Waals surface area contributed by atoms with Crippen LogP contribution in [-0.4, -0.2) is 41.0 Å². The Kier molecular flexibility index (Phi) is 4.62. The van der Waals surface area contributed by atoms with Crippen molar-refractivity contribution in [3.05, 3.63) is 28.7 Å². The third-order valence-electron chi connectivity index (χ3n) is 3.58. The second-order valence-electron chi connectivity index (χ2n) is 5.07. The third-order valence-corrected chi connectivity index (χ3v) is 3.58. The molecule has 2 N–H and O–H groups in total. The monoisotopic (exact) mass is 292 g/mol. The molecule has 0 bridgehead atoms. The van der Waals surface area contributed by atoms with E-state index >= 15 is 0 Å². The number of carbonyl (C=O) groups is 2. The van der Waals surface area contributed by atoms with Gasteiger partial charge >= 0.3 is 6.03 Å². The smallest absolute Gasteiger partial charge is 0.320 e. The first kappa shape index (κ1) is 15.1. The predicted octanol–water partition coefficient (Wildman–Crippen LogP) is 0.610. The highest BCUT2D eigenvalue weighted by Gasteiger charge is 2.27. The molecule has 7 nitrogen and oxygen atoms in total. The number of aryl methyl sites for hydroxylation is 1. The number of pyridine rings is 1. The maximum Gasteiger partial charge on any atom is 0.320 e. The van der Waals surface area contributed by atoms with Crippen LogP contribution in [0.25, 0.3) is 0 Å². The Hall–Kier alpha value is -2.31. The van der Waals surface area contributed by atoms with Gasteiger partial charge in [-0.3, -0.25) is 9.59 Å². The normalized spacial score (nSPS) is 18.5. The summed E-state index contributed by atoms with van der Waals surface area (Å²) < 4.78 is 1.50. The number of aromatic nitrogens is 1. The second kappa shape index (κ2) is 6.43. The Balaban J connectivity index is 2.02. The van der Waals surface area contributed by atoms with Crippen molar-refractivity contribution in [2.45, 2.75) is 32.4 Å². The summed E-state index contributed by atoms with van der Waals surface area (Å²) in [7, 11) is 1.71. The number of hydrogen-bond acceptors (Lipinski definition) is 3. The van der Waals surface area contributed by atoms with Crippen LogP contribution in [0, 0.1) is 0 Å². The highest BCUT2D eigenvalue weighted by Crippen LogP contribution is 2.10. The summed E-state index contributed by atoms with van der Waals surface area (Å²) in [6.45, 7) is 3.09.